The van der Waals surface area contributed by atoms with Crippen LogP contribution in [0.3, 0.4) is 0 Å². The standard InChI is InChI=1S/C23H42N2O7Si2/c1-13(2)33(14(3)4)29-12-18-19(31-34(32-33,15(5)6)16(7)8)20(28-10)22(30-18)25-11-17(9)21(26)24-23(25)27/h11,13-16,18-20,22H,12H2,1-10H3,(H,24,26,27)/t18-,19-,20-,22-/m1/s1. The van der Waals surface area contributed by atoms with Crippen LogP contribution in [0.2, 0.25) is 22.2 Å². The molecule has 2 aliphatic rings. The molecular weight excluding hydrogens is 472 g/mol. The normalized spacial score (nSPS) is 29.0. The molecule has 0 saturated carbocycles. The van der Waals surface area contributed by atoms with E-state index in [4.69, 9.17) is 22.4 Å². The molecule has 2 fully saturated rings. The van der Waals surface area contributed by atoms with Crippen molar-refractivity contribution in [2.75, 3.05) is 13.7 Å². The Labute approximate surface area is 204 Å². The number of aromatic nitrogens is 2. The van der Waals surface area contributed by atoms with E-state index in [1.807, 2.05) is 0 Å². The maximum Gasteiger partial charge on any atom is 0.335 e. The van der Waals surface area contributed by atoms with Gasteiger partial charge in [0.05, 0.1) is 6.61 Å². The lowest BCUT2D eigenvalue weighted by atomic mass is 10.1. The SMILES string of the molecule is CO[C@@H]1[C@@H]2O[Si](C(C)C)(C(C)C)O[Si](C(C)C)(C(C)C)OC[C@H]2O[C@H]1n1cc(C)c(=O)[nH]c1=O. The number of hydrogen-bond donors (Lipinski definition) is 1. The van der Waals surface area contributed by atoms with Crippen LogP contribution < -0.4 is 11.2 Å². The van der Waals surface area contributed by atoms with E-state index in [2.05, 4.69) is 60.4 Å². The van der Waals surface area contributed by atoms with Crippen LogP contribution in [0.5, 0.6) is 0 Å². The summed E-state index contributed by atoms with van der Waals surface area (Å²) >= 11 is 0. The van der Waals surface area contributed by atoms with Crippen LogP contribution in [0.15, 0.2) is 15.8 Å². The molecule has 1 N–H and O–H groups in total. The van der Waals surface area contributed by atoms with Crippen molar-refractivity contribution in [3.8, 4) is 0 Å². The van der Waals surface area contributed by atoms with Gasteiger partial charge in [-0.25, -0.2) is 4.79 Å². The molecule has 3 heterocycles. The summed E-state index contributed by atoms with van der Waals surface area (Å²) in [6.45, 7) is 19.3. The number of aryl methyl sites for hydroxylation is 1. The van der Waals surface area contributed by atoms with Gasteiger partial charge in [-0.3, -0.25) is 14.3 Å². The number of fused-ring (bicyclic) bond motifs is 1. The molecule has 194 valence electrons. The number of nitrogens with zero attached hydrogens (tertiary/aromatic N) is 1. The van der Waals surface area contributed by atoms with Crippen molar-refractivity contribution >= 4 is 17.1 Å². The van der Waals surface area contributed by atoms with Crippen molar-refractivity contribution in [2.45, 2.75) is 109 Å². The van der Waals surface area contributed by atoms with E-state index in [-0.39, 0.29) is 22.2 Å². The maximum atomic E-state index is 12.7. The van der Waals surface area contributed by atoms with E-state index in [1.54, 1.807) is 14.0 Å². The number of ether oxygens (including phenoxy) is 2. The van der Waals surface area contributed by atoms with Gasteiger partial charge in [0.25, 0.3) is 5.56 Å². The molecule has 2 aliphatic heterocycles. The first kappa shape index (κ1) is 27.5. The Morgan fingerprint density at radius 2 is 1.56 bits per heavy atom. The second-order valence-corrected chi connectivity index (χ2v) is 19.6. The number of H-pyrrole nitrogens is 1. The molecule has 4 atom stereocenters. The van der Waals surface area contributed by atoms with Crippen LogP contribution in [0.25, 0.3) is 0 Å². The minimum Gasteiger partial charge on any atom is -0.414 e. The van der Waals surface area contributed by atoms with Gasteiger partial charge < -0.3 is 22.4 Å². The highest BCUT2D eigenvalue weighted by Gasteiger charge is 2.62. The van der Waals surface area contributed by atoms with Crippen LogP contribution in [0.1, 0.15) is 67.2 Å². The number of nitrogens with one attached hydrogen (secondary N) is 1. The van der Waals surface area contributed by atoms with Crippen molar-refractivity contribution in [1.29, 1.82) is 0 Å². The number of methoxy groups -OCH3 is 1. The van der Waals surface area contributed by atoms with Gasteiger partial charge in [0.2, 0.25) is 0 Å². The van der Waals surface area contributed by atoms with E-state index in [9.17, 15) is 9.59 Å². The summed E-state index contributed by atoms with van der Waals surface area (Å²) in [5.74, 6) is 0. The minimum absolute atomic E-state index is 0.161. The molecule has 0 spiro atoms. The molecule has 11 heteroatoms. The number of hydrogen-bond acceptors (Lipinski definition) is 7. The monoisotopic (exact) mass is 514 g/mol. The molecule has 1 aromatic heterocycles. The summed E-state index contributed by atoms with van der Waals surface area (Å²) < 4.78 is 34.8. The summed E-state index contributed by atoms with van der Waals surface area (Å²) in [6.07, 6.45) is -0.726. The fourth-order valence-corrected chi connectivity index (χ4v) is 16.6. The zero-order valence-electron chi connectivity index (χ0n) is 22.2. The molecular formula is C23H42N2O7Si2. The summed E-state index contributed by atoms with van der Waals surface area (Å²) in [7, 11) is -3.97. The van der Waals surface area contributed by atoms with Gasteiger partial charge >= 0.3 is 22.8 Å². The van der Waals surface area contributed by atoms with Gasteiger partial charge in [0, 0.05) is 18.9 Å². The highest BCUT2D eigenvalue weighted by Crippen LogP contribution is 2.48. The van der Waals surface area contributed by atoms with Gasteiger partial charge in [-0.15, -0.1) is 0 Å². The van der Waals surface area contributed by atoms with Crippen LogP contribution >= 0.6 is 0 Å². The highest BCUT2D eigenvalue weighted by atomic mass is 28.5. The average Bonchev–Trinajstić information content (AvgIpc) is 3.06. The van der Waals surface area contributed by atoms with Crippen molar-refractivity contribution in [1.82, 2.24) is 9.55 Å². The Hall–Kier alpha value is -1.09. The second-order valence-electron chi connectivity index (χ2n) is 10.8. The quantitative estimate of drug-likeness (QED) is 0.578. The van der Waals surface area contributed by atoms with Gasteiger partial charge in [-0.2, -0.15) is 0 Å². The van der Waals surface area contributed by atoms with Gasteiger partial charge in [0.1, 0.15) is 18.3 Å². The van der Waals surface area contributed by atoms with Crippen LogP contribution in [-0.4, -0.2) is 58.7 Å². The van der Waals surface area contributed by atoms with Gasteiger partial charge in [-0.1, -0.05) is 55.4 Å². The maximum absolute atomic E-state index is 12.7. The van der Waals surface area contributed by atoms with E-state index in [0.717, 1.165) is 0 Å². The Morgan fingerprint density at radius 3 is 2.06 bits per heavy atom. The van der Waals surface area contributed by atoms with E-state index < -0.39 is 52.9 Å². The topological polar surface area (TPSA) is 101 Å². The zero-order valence-corrected chi connectivity index (χ0v) is 24.2. The molecule has 3 rings (SSSR count). The van der Waals surface area contributed by atoms with E-state index >= 15 is 0 Å². The lowest BCUT2D eigenvalue weighted by molar-refractivity contribution is -0.0640. The number of rotatable bonds is 6. The third-order valence-electron chi connectivity index (χ3n) is 7.31. The molecule has 0 unspecified atom stereocenters. The van der Waals surface area contributed by atoms with Gasteiger partial charge in [-0.05, 0) is 29.1 Å². The molecule has 2 saturated heterocycles. The Bertz CT molecular complexity index is 959. The third-order valence-corrected chi connectivity index (χ3v) is 17.6. The van der Waals surface area contributed by atoms with Crippen molar-refractivity contribution in [3.63, 3.8) is 0 Å². The Morgan fingerprint density at radius 1 is 1.00 bits per heavy atom. The average molecular weight is 515 g/mol. The Kier molecular flexibility index (Phi) is 8.18. The lowest BCUT2D eigenvalue weighted by Gasteiger charge is -2.51. The first-order valence-corrected chi connectivity index (χ1v) is 16.3. The van der Waals surface area contributed by atoms with E-state index in [0.29, 0.717) is 12.2 Å². The smallest absolute Gasteiger partial charge is 0.335 e. The largest absolute Gasteiger partial charge is 0.414 e. The number of aromatic amines is 1. The molecule has 0 aromatic carbocycles. The first-order valence-electron chi connectivity index (χ1n) is 12.3. The van der Waals surface area contributed by atoms with Crippen LogP contribution in [0.4, 0.5) is 0 Å². The van der Waals surface area contributed by atoms with E-state index in [1.165, 1.54) is 10.8 Å². The fourth-order valence-electron chi connectivity index (χ4n) is 5.37. The summed E-state index contributed by atoms with van der Waals surface area (Å²) in [6, 6.07) is 0. The molecule has 0 bridgehead atoms. The molecule has 9 nitrogen and oxygen atoms in total. The summed E-state index contributed by atoms with van der Waals surface area (Å²) in [5.41, 5.74) is 0.222. The lowest BCUT2D eigenvalue weighted by Crippen LogP contribution is -2.65. The molecule has 0 amide bonds. The third kappa shape index (κ3) is 4.56. The van der Waals surface area contributed by atoms with Crippen molar-refractivity contribution in [3.05, 3.63) is 32.6 Å². The van der Waals surface area contributed by atoms with Crippen LogP contribution in [0, 0.1) is 6.92 Å². The first-order chi connectivity index (χ1) is 15.8. The Balaban J connectivity index is 2.13. The molecule has 0 aliphatic carbocycles. The van der Waals surface area contributed by atoms with Gasteiger partial charge in [0.15, 0.2) is 6.23 Å². The second kappa shape index (κ2) is 10.1. The predicted molar refractivity (Wildman–Crippen MR) is 135 cm³/mol. The highest BCUT2D eigenvalue weighted by molar-refractivity contribution is 6.83. The van der Waals surface area contributed by atoms with Crippen LogP contribution in [-0.2, 0) is 22.4 Å². The molecule has 34 heavy (non-hydrogen) atoms. The fraction of sp³-hybridized carbons (Fsp3) is 0.826. The molecule has 0 radical (unpaired) electrons. The zero-order chi connectivity index (χ0) is 25.6. The molecule has 1 aromatic rings. The minimum atomic E-state index is -2.86. The predicted octanol–water partition coefficient (Wildman–Crippen LogP) is 3.71. The van der Waals surface area contributed by atoms with Crippen molar-refractivity contribution in [2.24, 2.45) is 0 Å². The van der Waals surface area contributed by atoms with Crippen molar-refractivity contribution < 1.29 is 22.4 Å². The summed E-state index contributed by atoms with van der Waals surface area (Å²) in [4.78, 5) is 27.0. The summed E-state index contributed by atoms with van der Waals surface area (Å²) in [5, 5.41) is 0.